The van der Waals surface area contributed by atoms with E-state index in [1.807, 2.05) is 24.3 Å². The Balaban J connectivity index is 1.59. The number of allylic oxidation sites excluding steroid dienone is 1. The molecule has 0 saturated heterocycles. The van der Waals surface area contributed by atoms with E-state index in [0.717, 1.165) is 5.56 Å². The lowest BCUT2D eigenvalue weighted by Crippen LogP contribution is -2.14. The number of aliphatic hydroxyl groups is 1. The number of aromatic nitrogens is 2. The van der Waals surface area contributed by atoms with Gasteiger partial charge in [-0.1, -0.05) is 18.2 Å². The van der Waals surface area contributed by atoms with Gasteiger partial charge in [0.05, 0.1) is 32.2 Å². The van der Waals surface area contributed by atoms with E-state index >= 15 is 0 Å². The van der Waals surface area contributed by atoms with E-state index in [-0.39, 0.29) is 35.1 Å². The van der Waals surface area contributed by atoms with E-state index in [1.165, 1.54) is 17.8 Å². The predicted molar refractivity (Wildman–Crippen MR) is 132 cm³/mol. The zero-order valence-electron chi connectivity index (χ0n) is 19.2. The van der Waals surface area contributed by atoms with Crippen LogP contribution in [0.25, 0.3) is 23.0 Å². The summed E-state index contributed by atoms with van der Waals surface area (Å²) in [6.07, 6.45) is 4.64. The number of ether oxygens (including phenoxy) is 2. The standard InChI is InChI=1S/C27H24N2O6/c1-34-22-9-7-18(8-10-22)23-15-29(27(33)28-23)21-5-3-4-19(14-21)24(31)11-6-17-12-20(16-30)26(32)25(13-17)35-2/h3-15,30,32H,16H2,1-2H3,(H,28,33)/b11-6+. The fourth-order valence-electron chi connectivity index (χ4n) is 3.64. The molecule has 0 fully saturated rings. The van der Waals surface area contributed by atoms with Gasteiger partial charge in [-0.2, -0.15) is 0 Å². The zero-order chi connectivity index (χ0) is 24.9. The minimum atomic E-state index is -0.371. The number of hydrogen-bond donors (Lipinski definition) is 3. The van der Waals surface area contributed by atoms with Crippen molar-refractivity contribution in [1.29, 1.82) is 0 Å². The topological polar surface area (TPSA) is 114 Å². The lowest BCUT2D eigenvalue weighted by atomic mass is 10.1. The predicted octanol–water partition coefficient (Wildman–Crippen LogP) is 3.94. The fraction of sp³-hybridized carbons (Fsp3) is 0.111. The van der Waals surface area contributed by atoms with Crippen LogP contribution >= 0.6 is 0 Å². The SMILES string of the molecule is COc1ccc(-c2cn(-c3cccc(C(=O)/C=C/c4cc(CO)c(O)c(OC)c4)c3)c(=O)[nH]2)cc1. The van der Waals surface area contributed by atoms with Crippen molar-refractivity contribution in [1.82, 2.24) is 9.55 Å². The highest BCUT2D eigenvalue weighted by molar-refractivity contribution is 6.07. The number of H-pyrrole nitrogens is 1. The van der Waals surface area contributed by atoms with Gasteiger partial charge in [0.25, 0.3) is 0 Å². The Hall–Kier alpha value is -4.56. The molecule has 0 bridgehead atoms. The molecule has 3 N–H and O–H groups in total. The summed E-state index contributed by atoms with van der Waals surface area (Å²) in [4.78, 5) is 28.3. The Bertz CT molecular complexity index is 1420. The third kappa shape index (κ3) is 5.02. The van der Waals surface area contributed by atoms with Crippen molar-refractivity contribution >= 4 is 11.9 Å². The Kier molecular flexibility index (Phi) is 6.84. The maximum Gasteiger partial charge on any atom is 0.330 e. The normalized spacial score (nSPS) is 11.1. The second kappa shape index (κ2) is 10.1. The molecule has 0 atom stereocenters. The Labute approximate surface area is 201 Å². The van der Waals surface area contributed by atoms with Crippen LogP contribution in [0.5, 0.6) is 17.2 Å². The van der Waals surface area contributed by atoms with Gasteiger partial charge >= 0.3 is 5.69 Å². The van der Waals surface area contributed by atoms with Crippen LogP contribution in [0.2, 0.25) is 0 Å². The molecule has 8 heteroatoms. The Morgan fingerprint density at radius 2 is 1.83 bits per heavy atom. The molecule has 1 aromatic heterocycles. The largest absolute Gasteiger partial charge is 0.504 e. The first-order chi connectivity index (χ1) is 16.9. The number of aromatic hydroxyl groups is 1. The monoisotopic (exact) mass is 472 g/mol. The summed E-state index contributed by atoms with van der Waals surface area (Å²) in [6, 6.07) is 17.2. The second-order valence-corrected chi connectivity index (χ2v) is 7.71. The summed E-state index contributed by atoms with van der Waals surface area (Å²) in [5, 5.41) is 19.5. The molecule has 0 amide bonds. The third-order valence-electron chi connectivity index (χ3n) is 5.52. The highest BCUT2D eigenvalue weighted by Crippen LogP contribution is 2.32. The van der Waals surface area contributed by atoms with Crippen LogP contribution in [0.15, 0.2) is 77.7 Å². The van der Waals surface area contributed by atoms with Crippen molar-refractivity contribution in [3.05, 3.63) is 100 Å². The van der Waals surface area contributed by atoms with Crippen molar-refractivity contribution in [2.45, 2.75) is 6.61 Å². The van der Waals surface area contributed by atoms with Gasteiger partial charge in [0.1, 0.15) is 5.75 Å². The van der Waals surface area contributed by atoms with Gasteiger partial charge in [0.2, 0.25) is 0 Å². The van der Waals surface area contributed by atoms with E-state index in [1.54, 1.807) is 55.8 Å². The minimum Gasteiger partial charge on any atom is -0.504 e. The molecular formula is C27H24N2O6. The molecule has 1 heterocycles. The highest BCUT2D eigenvalue weighted by atomic mass is 16.5. The first kappa shape index (κ1) is 23.6. The van der Waals surface area contributed by atoms with Crippen LogP contribution in [0.3, 0.4) is 0 Å². The zero-order valence-corrected chi connectivity index (χ0v) is 19.2. The Morgan fingerprint density at radius 1 is 1.06 bits per heavy atom. The van der Waals surface area contributed by atoms with Gasteiger partial charge in [-0.3, -0.25) is 9.36 Å². The van der Waals surface area contributed by atoms with Gasteiger partial charge in [0, 0.05) is 17.3 Å². The van der Waals surface area contributed by atoms with E-state index in [9.17, 15) is 19.8 Å². The third-order valence-corrected chi connectivity index (χ3v) is 5.52. The van der Waals surface area contributed by atoms with Gasteiger partial charge in [-0.25, -0.2) is 4.79 Å². The molecule has 0 saturated carbocycles. The van der Waals surface area contributed by atoms with Crippen LogP contribution in [0, 0.1) is 0 Å². The number of carbonyl (C=O) groups is 1. The molecular weight excluding hydrogens is 448 g/mol. The molecule has 3 aromatic carbocycles. The molecule has 0 radical (unpaired) electrons. The molecule has 0 aliphatic carbocycles. The van der Waals surface area contributed by atoms with Crippen molar-refractivity contribution < 1.29 is 24.5 Å². The average Bonchev–Trinajstić information content (AvgIpc) is 3.29. The smallest absolute Gasteiger partial charge is 0.330 e. The maximum absolute atomic E-state index is 12.8. The van der Waals surface area contributed by atoms with Crippen LogP contribution < -0.4 is 15.2 Å². The summed E-state index contributed by atoms with van der Waals surface area (Å²) >= 11 is 0. The number of ketones is 1. The number of nitrogens with zero attached hydrogens (tertiary/aromatic N) is 1. The molecule has 35 heavy (non-hydrogen) atoms. The molecule has 4 rings (SSSR count). The first-order valence-electron chi connectivity index (χ1n) is 10.7. The van der Waals surface area contributed by atoms with Crippen molar-refractivity contribution in [2.24, 2.45) is 0 Å². The lowest BCUT2D eigenvalue weighted by molar-refractivity contribution is 0.104. The lowest BCUT2D eigenvalue weighted by Gasteiger charge is -2.08. The van der Waals surface area contributed by atoms with Crippen LogP contribution in [-0.4, -0.2) is 39.8 Å². The average molecular weight is 472 g/mol. The van der Waals surface area contributed by atoms with Crippen molar-refractivity contribution in [3.63, 3.8) is 0 Å². The molecule has 0 aliphatic rings. The van der Waals surface area contributed by atoms with E-state index in [0.29, 0.717) is 28.3 Å². The number of imidazole rings is 1. The number of carbonyl (C=O) groups excluding carboxylic acids is 1. The minimum absolute atomic E-state index is 0.142. The van der Waals surface area contributed by atoms with E-state index in [4.69, 9.17) is 9.47 Å². The molecule has 4 aromatic rings. The highest BCUT2D eigenvalue weighted by Gasteiger charge is 2.11. The van der Waals surface area contributed by atoms with E-state index in [2.05, 4.69) is 4.98 Å². The number of benzene rings is 3. The summed E-state index contributed by atoms with van der Waals surface area (Å²) in [5.74, 6) is 0.499. The molecule has 0 unspecified atom stereocenters. The maximum atomic E-state index is 12.8. The molecule has 178 valence electrons. The van der Waals surface area contributed by atoms with Gasteiger partial charge in [-0.15, -0.1) is 0 Å². The number of aromatic amines is 1. The second-order valence-electron chi connectivity index (χ2n) is 7.71. The summed E-state index contributed by atoms with van der Waals surface area (Å²) in [7, 11) is 2.99. The van der Waals surface area contributed by atoms with Crippen LogP contribution in [0.4, 0.5) is 0 Å². The first-order valence-corrected chi connectivity index (χ1v) is 10.7. The molecule has 8 nitrogen and oxygen atoms in total. The van der Waals surface area contributed by atoms with Gasteiger partial charge in [0.15, 0.2) is 17.3 Å². The number of phenols is 1. The molecule has 0 aliphatic heterocycles. The van der Waals surface area contributed by atoms with Crippen LogP contribution in [-0.2, 0) is 6.61 Å². The summed E-state index contributed by atoms with van der Waals surface area (Å²) in [6.45, 7) is -0.371. The summed E-state index contributed by atoms with van der Waals surface area (Å²) in [5.41, 5.74) is 2.93. The number of nitrogens with one attached hydrogen (secondary N) is 1. The number of methoxy groups -OCH3 is 2. The van der Waals surface area contributed by atoms with Crippen LogP contribution in [0.1, 0.15) is 21.5 Å². The number of hydrogen-bond acceptors (Lipinski definition) is 6. The number of aliphatic hydroxyl groups excluding tert-OH is 1. The quantitative estimate of drug-likeness (QED) is 0.264. The van der Waals surface area contributed by atoms with Gasteiger partial charge < -0.3 is 24.7 Å². The number of rotatable bonds is 8. The van der Waals surface area contributed by atoms with Crippen molar-refractivity contribution in [3.8, 4) is 34.2 Å². The van der Waals surface area contributed by atoms with E-state index < -0.39 is 0 Å². The van der Waals surface area contributed by atoms with Crippen molar-refractivity contribution in [2.75, 3.05) is 14.2 Å². The fourth-order valence-corrected chi connectivity index (χ4v) is 3.64. The van der Waals surface area contributed by atoms with Gasteiger partial charge in [-0.05, 0) is 65.7 Å². The molecule has 0 spiro atoms. The Morgan fingerprint density at radius 3 is 2.51 bits per heavy atom. The summed E-state index contributed by atoms with van der Waals surface area (Å²) < 4.78 is 11.7.